The molecular formula is C29H21Cl4N3O. The molecule has 1 atom stereocenters. The Morgan fingerprint density at radius 3 is 2.14 bits per heavy atom. The Hall–Kier alpha value is -2.91. The molecule has 0 aliphatic carbocycles. The van der Waals surface area contributed by atoms with Crippen LogP contribution in [0.15, 0.2) is 95.1 Å². The van der Waals surface area contributed by atoms with Gasteiger partial charge < -0.3 is 10.5 Å². The molecule has 2 heterocycles. The first-order valence-corrected chi connectivity index (χ1v) is 13.0. The number of rotatable bonds is 4. The van der Waals surface area contributed by atoms with E-state index in [1.807, 2.05) is 24.3 Å². The predicted molar refractivity (Wildman–Crippen MR) is 150 cm³/mol. The van der Waals surface area contributed by atoms with Gasteiger partial charge in [-0.25, -0.2) is 0 Å². The van der Waals surface area contributed by atoms with E-state index in [9.17, 15) is 5.26 Å². The summed E-state index contributed by atoms with van der Waals surface area (Å²) in [7, 11) is 0. The highest BCUT2D eigenvalue weighted by atomic mass is 35.5. The fraction of sp³-hybridized carbons (Fsp3) is 0.138. The topological polar surface area (TPSA) is 62.3 Å². The summed E-state index contributed by atoms with van der Waals surface area (Å²) in [5.74, 6) is 0.0336. The highest BCUT2D eigenvalue weighted by Gasteiger charge is 2.39. The van der Waals surface area contributed by atoms with Gasteiger partial charge >= 0.3 is 0 Å². The van der Waals surface area contributed by atoms with E-state index in [1.165, 1.54) is 0 Å². The van der Waals surface area contributed by atoms with Gasteiger partial charge in [0, 0.05) is 56.4 Å². The van der Waals surface area contributed by atoms with Gasteiger partial charge in [-0.15, -0.1) is 0 Å². The number of halogens is 4. The summed E-state index contributed by atoms with van der Waals surface area (Å²) in [5.41, 5.74) is 10.7. The second-order valence-corrected chi connectivity index (χ2v) is 10.5. The van der Waals surface area contributed by atoms with Gasteiger partial charge in [-0.1, -0.05) is 88.9 Å². The van der Waals surface area contributed by atoms with Crippen LogP contribution in [0, 0.1) is 11.3 Å². The summed E-state index contributed by atoms with van der Waals surface area (Å²) in [6, 6.07) is 23.1. The van der Waals surface area contributed by atoms with Gasteiger partial charge in [0.05, 0.1) is 5.92 Å². The van der Waals surface area contributed by atoms with Crippen LogP contribution < -0.4 is 5.73 Å². The number of hydrogen-bond acceptors (Lipinski definition) is 4. The van der Waals surface area contributed by atoms with E-state index in [0.717, 1.165) is 16.7 Å². The lowest BCUT2D eigenvalue weighted by molar-refractivity contribution is 0.230. The summed E-state index contributed by atoms with van der Waals surface area (Å²) in [6.07, 6.45) is 1.92. The smallest absolute Gasteiger partial charge is 0.205 e. The van der Waals surface area contributed by atoms with E-state index in [-0.39, 0.29) is 11.5 Å². The Balaban J connectivity index is 1.71. The van der Waals surface area contributed by atoms with Crippen LogP contribution in [0.5, 0.6) is 0 Å². The van der Waals surface area contributed by atoms with Gasteiger partial charge in [-0.05, 0) is 41.5 Å². The molecule has 0 saturated heterocycles. The van der Waals surface area contributed by atoms with Crippen molar-refractivity contribution in [2.24, 2.45) is 5.73 Å². The van der Waals surface area contributed by atoms with Crippen molar-refractivity contribution in [1.29, 1.82) is 5.26 Å². The summed E-state index contributed by atoms with van der Waals surface area (Å²) in [5, 5.41) is 12.0. The minimum atomic E-state index is -0.571. The number of nitriles is 1. The summed E-state index contributed by atoms with van der Waals surface area (Å²) >= 11 is 26.3. The second kappa shape index (κ2) is 10.8. The third-order valence-corrected chi connectivity index (χ3v) is 7.78. The van der Waals surface area contributed by atoms with Crippen LogP contribution in [-0.4, -0.2) is 18.0 Å². The van der Waals surface area contributed by atoms with E-state index in [4.69, 9.17) is 56.9 Å². The van der Waals surface area contributed by atoms with E-state index in [0.29, 0.717) is 56.6 Å². The maximum absolute atomic E-state index is 10.1. The zero-order valence-electron chi connectivity index (χ0n) is 19.5. The molecule has 0 aromatic heterocycles. The van der Waals surface area contributed by atoms with E-state index >= 15 is 0 Å². The van der Waals surface area contributed by atoms with Crippen molar-refractivity contribution < 1.29 is 4.74 Å². The Morgan fingerprint density at radius 2 is 1.51 bits per heavy atom. The standard InChI is InChI=1S/C29H21Cl4N3O/c30-22-8-4-9-23(31)19(22)12-18-15-36(14-17-6-2-1-3-7-17)16-21-26(20(13-34)29(35)37-28(18)21)27-24(32)10-5-11-25(27)33/h1-12,26H,14-16,35H2/b18-12+. The molecule has 1 unspecified atom stereocenters. The Bertz CT molecular complexity index is 1460. The van der Waals surface area contributed by atoms with Gasteiger partial charge in [0.25, 0.3) is 0 Å². The molecule has 0 fully saturated rings. The number of allylic oxidation sites excluding steroid dienone is 1. The van der Waals surface area contributed by atoms with Gasteiger partial charge in [0.15, 0.2) is 0 Å². The number of nitrogens with two attached hydrogens (primary N) is 1. The molecule has 4 nitrogen and oxygen atoms in total. The lowest BCUT2D eigenvalue weighted by atomic mass is 9.80. The predicted octanol–water partition coefficient (Wildman–Crippen LogP) is 7.96. The molecule has 8 heteroatoms. The fourth-order valence-electron chi connectivity index (χ4n) is 4.83. The average Bonchev–Trinajstić information content (AvgIpc) is 2.87. The first kappa shape index (κ1) is 25.7. The molecule has 2 aliphatic rings. The third-order valence-electron chi connectivity index (χ3n) is 6.46. The van der Waals surface area contributed by atoms with Gasteiger partial charge in [0.1, 0.15) is 17.4 Å². The van der Waals surface area contributed by atoms with Gasteiger partial charge in [0.2, 0.25) is 5.88 Å². The molecule has 0 saturated carbocycles. The third kappa shape index (κ3) is 5.11. The van der Waals surface area contributed by atoms with Crippen molar-refractivity contribution in [2.45, 2.75) is 12.5 Å². The van der Waals surface area contributed by atoms with Crippen molar-refractivity contribution in [1.82, 2.24) is 4.90 Å². The van der Waals surface area contributed by atoms with E-state index in [1.54, 1.807) is 36.4 Å². The zero-order valence-corrected chi connectivity index (χ0v) is 22.5. The minimum Gasteiger partial charge on any atom is -0.440 e. The summed E-state index contributed by atoms with van der Waals surface area (Å²) < 4.78 is 6.14. The van der Waals surface area contributed by atoms with Crippen LogP contribution in [0.25, 0.3) is 6.08 Å². The van der Waals surface area contributed by atoms with Crippen molar-refractivity contribution >= 4 is 52.5 Å². The zero-order chi connectivity index (χ0) is 26.1. The lowest BCUT2D eigenvalue weighted by Gasteiger charge is -2.38. The molecule has 0 bridgehead atoms. The largest absolute Gasteiger partial charge is 0.440 e. The molecule has 3 aromatic carbocycles. The Morgan fingerprint density at radius 1 is 0.892 bits per heavy atom. The number of ether oxygens (including phenoxy) is 1. The number of hydrogen-bond donors (Lipinski definition) is 1. The average molecular weight is 569 g/mol. The fourth-order valence-corrected chi connectivity index (χ4v) is 5.96. The molecule has 2 aliphatic heterocycles. The monoisotopic (exact) mass is 567 g/mol. The van der Waals surface area contributed by atoms with Crippen LogP contribution in [-0.2, 0) is 11.3 Å². The molecule has 2 N–H and O–H groups in total. The van der Waals surface area contributed by atoms with Crippen molar-refractivity contribution in [2.75, 3.05) is 13.1 Å². The lowest BCUT2D eigenvalue weighted by Crippen LogP contribution is -2.38. The first-order valence-electron chi connectivity index (χ1n) is 11.5. The molecule has 37 heavy (non-hydrogen) atoms. The summed E-state index contributed by atoms with van der Waals surface area (Å²) in [6.45, 7) is 1.74. The van der Waals surface area contributed by atoms with Crippen molar-refractivity contribution in [3.63, 3.8) is 0 Å². The van der Waals surface area contributed by atoms with Crippen molar-refractivity contribution in [3.05, 3.63) is 132 Å². The maximum Gasteiger partial charge on any atom is 0.205 e. The number of nitrogens with zero attached hydrogens (tertiary/aromatic N) is 2. The Kier molecular flexibility index (Phi) is 7.53. The van der Waals surface area contributed by atoms with Crippen LogP contribution in [0.2, 0.25) is 20.1 Å². The molecule has 5 rings (SSSR count). The van der Waals surface area contributed by atoms with E-state index in [2.05, 4.69) is 23.1 Å². The SMILES string of the molecule is N#CC1=C(N)OC2=C(CN(Cc3ccccc3)C/C2=C\c2c(Cl)cccc2Cl)C1c1c(Cl)cccc1Cl. The van der Waals surface area contributed by atoms with Crippen LogP contribution in [0.1, 0.15) is 22.6 Å². The van der Waals surface area contributed by atoms with Crippen LogP contribution in [0.3, 0.4) is 0 Å². The first-order chi connectivity index (χ1) is 17.9. The highest BCUT2D eigenvalue weighted by molar-refractivity contribution is 6.37. The maximum atomic E-state index is 10.1. The highest BCUT2D eigenvalue weighted by Crippen LogP contribution is 2.48. The minimum absolute atomic E-state index is 0.0231. The number of benzene rings is 3. The van der Waals surface area contributed by atoms with E-state index < -0.39 is 5.92 Å². The van der Waals surface area contributed by atoms with Gasteiger partial charge in [-0.3, -0.25) is 4.90 Å². The second-order valence-electron chi connectivity index (χ2n) is 8.85. The molecule has 3 aromatic rings. The van der Waals surface area contributed by atoms with Crippen molar-refractivity contribution in [3.8, 4) is 6.07 Å². The molecular weight excluding hydrogens is 548 g/mol. The summed E-state index contributed by atoms with van der Waals surface area (Å²) in [4.78, 5) is 2.27. The normalized spacial score (nSPS) is 19.0. The Labute approximate surface area is 235 Å². The molecule has 0 amide bonds. The quantitative estimate of drug-likeness (QED) is 0.347. The molecule has 186 valence electrons. The van der Waals surface area contributed by atoms with Crippen LogP contribution in [0.4, 0.5) is 0 Å². The van der Waals surface area contributed by atoms with Crippen LogP contribution >= 0.6 is 46.4 Å². The molecule has 0 spiro atoms. The molecule has 0 radical (unpaired) electrons. The van der Waals surface area contributed by atoms with Gasteiger partial charge in [-0.2, -0.15) is 5.26 Å².